The first-order valence-corrected chi connectivity index (χ1v) is 6.88. The van der Waals surface area contributed by atoms with Gasteiger partial charge in [-0.2, -0.15) is 5.26 Å². The second kappa shape index (κ2) is 5.40. The number of nitrogens with zero attached hydrogens (tertiary/aromatic N) is 2. The maximum atomic E-state index is 9.00. The molecule has 0 amide bonds. The predicted molar refractivity (Wildman–Crippen MR) is 72.6 cm³/mol. The number of rotatable bonds is 3. The zero-order valence-electron chi connectivity index (χ0n) is 12.2. The van der Waals surface area contributed by atoms with E-state index in [1.165, 1.54) is 25.9 Å². The second-order valence-electron chi connectivity index (χ2n) is 7.23. The quantitative estimate of drug-likeness (QED) is 0.747. The standard InChI is InChI=1S/C15H28N2/c1-14(2,3)13-6-9-17(10-7-13)11-8-15(4,5)12-16/h13H,6-11H2,1-5H3. The molecule has 0 bridgehead atoms. The van der Waals surface area contributed by atoms with Crippen molar-refractivity contribution in [3.05, 3.63) is 0 Å². The van der Waals surface area contributed by atoms with Crippen LogP contribution in [0.15, 0.2) is 0 Å². The Morgan fingerprint density at radius 2 is 1.65 bits per heavy atom. The summed E-state index contributed by atoms with van der Waals surface area (Å²) in [6.07, 6.45) is 3.62. The van der Waals surface area contributed by atoms with Gasteiger partial charge >= 0.3 is 0 Å². The van der Waals surface area contributed by atoms with Gasteiger partial charge in [-0.1, -0.05) is 20.8 Å². The van der Waals surface area contributed by atoms with Crippen molar-refractivity contribution >= 4 is 0 Å². The summed E-state index contributed by atoms with van der Waals surface area (Å²) in [5, 5.41) is 9.00. The van der Waals surface area contributed by atoms with Gasteiger partial charge in [-0.15, -0.1) is 0 Å². The van der Waals surface area contributed by atoms with E-state index in [9.17, 15) is 0 Å². The van der Waals surface area contributed by atoms with Gasteiger partial charge in [0.1, 0.15) is 0 Å². The maximum Gasteiger partial charge on any atom is 0.0684 e. The maximum absolute atomic E-state index is 9.00. The summed E-state index contributed by atoms with van der Waals surface area (Å²) in [4.78, 5) is 2.53. The number of hydrogen-bond donors (Lipinski definition) is 0. The molecule has 2 heteroatoms. The Kier molecular flexibility index (Phi) is 4.61. The summed E-state index contributed by atoms with van der Waals surface area (Å²) in [6, 6.07) is 2.39. The number of nitriles is 1. The van der Waals surface area contributed by atoms with Crippen LogP contribution >= 0.6 is 0 Å². The van der Waals surface area contributed by atoms with Gasteiger partial charge in [0.2, 0.25) is 0 Å². The fourth-order valence-electron chi connectivity index (χ4n) is 2.52. The largest absolute Gasteiger partial charge is 0.303 e. The molecule has 1 heterocycles. The average molecular weight is 236 g/mol. The predicted octanol–water partition coefficient (Wildman–Crippen LogP) is 3.68. The van der Waals surface area contributed by atoms with E-state index in [0.717, 1.165) is 18.9 Å². The Labute approximate surface area is 107 Å². The average Bonchev–Trinajstić information content (AvgIpc) is 2.26. The van der Waals surface area contributed by atoms with Gasteiger partial charge in [-0.3, -0.25) is 0 Å². The first-order chi connectivity index (χ1) is 7.74. The van der Waals surface area contributed by atoms with Crippen molar-refractivity contribution in [2.45, 2.75) is 53.9 Å². The lowest BCUT2D eigenvalue weighted by atomic mass is 9.75. The Hall–Kier alpha value is -0.550. The van der Waals surface area contributed by atoms with Crippen molar-refractivity contribution in [1.29, 1.82) is 5.26 Å². The van der Waals surface area contributed by atoms with E-state index in [-0.39, 0.29) is 5.41 Å². The smallest absolute Gasteiger partial charge is 0.0684 e. The summed E-state index contributed by atoms with van der Waals surface area (Å²) in [7, 11) is 0. The van der Waals surface area contributed by atoms with E-state index in [1.807, 2.05) is 13.8 Å². The number of piperidine rings is 1. The molecule has 0 aromatic heterocycles. The van der Waals surface area contributed by atoms with Gasteiger partial charge < -0.3 is 4.90 Å². The molecule has 17 heavy (non-hydrogen) atoms. The Balaban J connectivity index is 2.32. The third-order valence-electron chi connectivity index (χ3n) is 4.17. The van der Waals surface area contributed by atoms with Crippen molar-refractivity contribution in [2.24, 2.45) is 16.7 Å². The minimum Gasteiger partial charge on any atom is -0.303 e. The molecule has 1 saturated heterocycles. The van der Waals surface area contributed by atoms with Crippen LogP contribution in [0.4, 0.5) is 0 Å². The fourth-order valence-corrected chi connectivity index (χ4v) is 2.52. The van der Waals surface area contributed by atoms with Crippen LogP contribution in [0.1, 0.15) is 53.9 Å². The van der Waals surface area contributed by atoms with Crippen LogP contribution < -0.4 is 0 Å². The van der Waals surface area contributed by atoms with Crippen molar-refractivity contribution < 1.29 is 0 Å². The Bertz CT molecular complexity index is 272. The van der Waals surface area contributed by atoms with E-state index in [2.05, 4.69) is 31.7 Å². The minimum atomic E-state index is -0.166. The molecule has 0 aromatic rings. The molecule has 0 spiro atoms. The Morgan fingerprint density at radius 3 is 2.06 bits per heavy atom. The lowest BCUT2D eigenvalue weighted by molar-refractivity contribution is 0.106. The zero-order chi connectivity index (χ0) is 13.1. The van der Waals surface area contributed by atoms with Gasteiger partial charge in [-0.05, 0) is 64.1 Å². The molecule has 1 fully saturated rings. The highest BCUT2D eigenvalue weighted by molar-refractivity contribution is 4.92. The third kappa shape index (κ3) is 4.68. The Morgan fingerprint density at radius 1 is 1.12 bits per heavy atom. The monoisotopic (exact) mass is 236 g/mol. The van der Waals surface area contributed by atoms with E-state index in [0.29, 0.717) is 5.41 Å². The molecule has 1 aliphatic rings. The lowest BCUT2D eigenvalue weighted by Crippen LogP contribution is -2.39. The lowest BCUT2D eigenvalue weighted by Gasteiger charge is -2.39. The first-order valence-electron chi connectivity index (χ1n) is 6.88. The van der Waals surface area contributed by atoms with Gasteiger partial charge in [-0.25, -0.2) is 0 Å². The van der Waals surface area contributed by atoms with Gasteiger partial charge in [0.15, 0.2) is 0 Å². The third-order valence-corrected chi connectivity index (χ3v) is 4.17. The minimum absolute atomic E-state index is 0.166. The van der Waals surface area contributed by atoms with Crippen molar-refractivity contribution in [2.75, 3.05) is 19.6 Å². The van der Waals surface area contributed by atoms with E-state index in [4.69, 9.17) is 5.26 Å². The van der Waals surface area contributed by atoms with Gasteiger partial charge in [0, 0.05) is 0 Å². The number of hydrogen-bond acceptors (Lipinski definition) is 2. The van der Waals surface area contributed by atoms with E-state index >= 15 is 0 Å². The molecule has 2 nitrogen and oxygen atoms in total. The van der Waals surface area contributed by atoms with Gasteiger partial charge in [0.05, 0.1) is 11.5 Å². The second-order valence-corrected chi connectivity index (χ2v) is 7.23. The highest BCUT2D eigenvalue weighted by Crippen LogP contribution is 2.34. The van der Waals surface area contributed by atoms with Crippen LogP contribution in [0.25, 0.3) is 0 Å². The molecular weight excluding hydrogens is 208 g/mol. The SMILES string of the molecule is CC(C)(C#N)CCN1CCC(C(C)(C)C)CC1. The summed E-state index contributed by atoms with van der Waals surface area (Å²) < 4.78 is 0. The molecule has 98 valence electrons. The summed E-state index contributed by atoms with van der Waals surface area (Å²) >= 11 is 0. The van der Waals surface area contributed by atoms with Gasteiger partial charge in [0.25, 0.3) is 0 Å². The summed E-state index contributed by atoms with van der Waals surface area (Å²) in [5.41, 5.74) is 0.291. The molecule has 0 aliphatic carbocycles. The number of likely N-dealkylation sites (tertiary alicyclic amines) is 1. The summed E-state index contributed by atoms with van der Waals surface area (Å²) in [6.45, 7) is 14.6. The van der Waals surface area contributed by atoms with Crippen LogP contribution in [-0.2, 0) is 0 Å². The molecular formula is C15H28N2. The highest BCUT2D eigenvalue weighted by Gasteiger charge is 2.29. The topological polar surface area (TPSA) is 27.0 Å². The normalized spacial score (nSPS) is 20.2. The molecule has 0 aromatic carbocycles. The molecule has 0 N–H and O–H groups in total. The van der Waals surface area contributed by atoms with Crippen LogP contribution in [0.2, 0.25) is 0 Å². The van der Waals surface area contributed by atoms with Crippen LogP contribution in [0.3, 0.4) is 0 Å². The molecule has 0 unspecified atom stereocenters. The van der Waals surface area contributed by atoms with Crippen LogP contribution in [-0.4, -0.2) is 24.5 Å². The summed E-state index contributed by atoms with van der Waals surface area (Å²) in [5.74, 6) is 0.864. The zero-order valence-corrected chi connectivity index (χ0v) is 12.2. The highest BCUT2D eigenvalue weighted by atomic mass is 15.1. The molecule has 1 rings (SSSR count). The molecule has 0 radical (unpaired) electrons. The van der Waals surface area contributed by atoms with Crippen LogP contribution in [0.5, 0.6) is 0 Å². The molecule has 1 aliphatic heterocycles. The van der Waals surface area contributed by atoms with Crippen molar-refractivity contribution in [3.63, 3.8) is 0 Å². The van der Waals surface area contributed by atoms with E-state index in [1.54, 1.807) is 0 Å². The van der Waals surface area contributed by atoms with Crippen LogP contribution in [0, 0.1) is 28.1 Å². The van der Waals surface area contributed by atoms with Crippen molar-refractivity contribution in [3.8, 4) is 6.07 Å². The first kappa shape index (κ1) is 14.5. The molecule has 0 saturated carbocycles. The van der Waals surface area contributed by atoms with E-state index < -0.39 is 0 Å². The fraction of sp³-hybridized carbons (Fsp3) is 0.933. The van der Waals surface area contributed by atoms with Crippen molar-refractivity contribution in [1.82, 2.24) is 4.90 Å². The molecule has 0 atom stereocenters.